The molecule has 0 fully saturated rings. The van der Waals surface area contributed by atoms with Crippen LogP contribution in [0.4, 0.5) is 0 Å². The van der Waals surface area contributed by atoms with E-state index in [0.717, 1.165) is 45.9 Å². The van der Waals surface area contributed by atoms with Crippen molar-refractivity contribution in [1.29, 1.82) is 0 Å². The summed E-state index contributed by atoms with van der Waals surface area (Å²) in [7, 11) is 0. The maximum Gasteiger partial charge on any atom is 0.254 e. The molecule has 1 aromatic carbocycles. The summed E-state index contributed by atoms with van der Waals surface area (Å²) in [5.74, 6) is 0.637. The molecular formula is C17H15BrN4OS. The molecule has 7 heteroatoms. The number of nitrogens with zero attached hydrogens (tertiary/aromatic N) is 3. The summed E-state index contributed by atoms with van der Waals surface area (Å²) < 4.78 is 0.876. The summed E-state index contributed by atoms with van der Waals surface area (Å²) >= 11 is 5.03. The van der Waals surface area contributed by atoms with Crippen LogP contribution in [0.15, 0.2) is 45.1 Å². The number of hydrogen-bond acceptors (Lipinski definition) is 5. The molecule has 0 amide bonds. The molecule has 122 valence electrons. The maximum absolute atomic E-state index is 12.4. The zero-order valence-corrected chi connectivity index (χ0v) is 15.2. The maximum atomic E-state index is 12.4. The highest BCUT2D eigenvalue weighted by Crippen LogP contribution is 2.22. The Hall–Kier alpha value is -1.83. The van der Waals surface area contributed by atoms with Gasteiger partial charge in [0.1, 0.15) is 15.4 Å². The molecular weight excluding hydrogens is 388 g/mol. The van der Waals surface area contributed by atoms with E-state index in [9.17, 15) is 4.79 Å². The van der Waals surface area contributed by atoms with Crippen molar-refractivity contribution in [3.63, 3.8) is 0 Å². The third-order valence-corrected chi connectivity index (χ3v) is 5.63. The van der Waals surface area contributed by atoms with E-state index in [2.05, 4.69) is 30.8 Å². The second kappa shape index (κ2) is 6.58. The van der Waals surface area contributed by atoms with E-state index < -0.39 is 0 Å². The van der Waals surface area contributed by atoms with E-state index in [1.165, 1.54) is 0 Å². The fourth-order valence-corrected chi connectivity index (χ4v) is 4.22. The van der Waals surface area contributed by atoms with Crippen LogP contribution in [0.2, 0.25) is 0 Å². The third-order valence-electron chi connectivity index (χ3n) is 4.08. The SMILES string of the molecule is O=c1[nH]c(-c2ccccc2)nc2c1CCN(Cc1nc(Br)cs1)C2. The standard InChI is InChI=1S/C17H15BrN4OS/c18-14-10-24-15(20-14)9-22-7-6-12-13(8-22)19-16(21-17(12)23)11-4-2-1-3-5-11/h1-5,10H,6-9H2,(H,19,21,23). The van der Waals surface area contributed by atoms with Crippen molar-refractivity contribution in [1.82, 2.24) is 19.9 Å². The van der Waals surface area contributed by atoms with Crippen LogP contribution in [-0.2, 0) is 19.5 Å². The van der Waals surface area contributed by atoms with Crippen LogP contribution in [0.5, 0.6) is 0 Å². The lowest BCUT2D eigenvalue weighted by molar-refractivity contribution is 0.240. The van der Waals surface area contributed by atoms with E-state index >= 15 is 0 Å². The number of aromatic amines is 1. The lowest BCUT2D eigenvalue weighted by Gasteiger charge is -2.26. The Labute approximate surface area is 151 Å². The number of halogens is 1. The van der Waals surface area contributed by atoms with Crippen LogP contribution in [0.3, 0.4) is 0 Å². The van der Waals surface area contributed by atoms with Crippen LogP contribution in [0.25, 0.3) is 11.4 Å². The Morgan fingerprint density at radius 3 is 2.83 bits per heavy atom. The fraction of sp³-hybridized carbons (Fsp3) is 0.235. The van der Waals surface area contributed by atoms with Gasteiger partial charge in [-0.3, -0.25) is 9.69 Å². The normalized spacial score (nSPS) is 14.5. The molecule has 0 saturated heterocycles. The minimum Gasteiger partial charge on any atom is -0.306 e. The van der Waals surface area contributed by atoms with Gasteiger partial charge in [0.2, 0.25) is 0 Å². The first-order chi connectivity index (χ1) is 11.7. The fourth-order valence-electron chi connectivity index (χ4n) is 2.91. The molecule has 1 aliphatic heterocycles. The molecule has 0 aliphatic carbocycles. The molecule has 0 spiro atoms. The molecule has 0 unspecified atom stereocenters. The zero-order chi connectivity index (χ0) is 16.5. The van der Waals surface area contributed by atoms with Crippen LogP contribution in [-0.4, -0.2) is 26.4 Å². The van der Waals surface area contributed by atoms with E-state index in [1.807, 2.05) is 35.7 Å². The van der Waals surface area contributed by atoms with Gasteiger partial charge in [-0.2, -0.15) is 0 Å². The minimum absolute atomic E-state index is 0.0181. The Morgan fingerprint density at radius 2 is 2.08 bits per heavy atom. The van der Waals surface area contributed by atoms with Gasteiger partial charge in [-0.15, -0.1) is 11.3 Å². The van der Waals surface area contributed by atoms with Crippen LogP contribution in [0, 0.1) is 0 Å². The number of thiazole rings is 1. The summed E-state index contributed by atoms with van der Waals surface area (Å²) in [6, 6.07) is 9.76. The number of fused-ring (bicyclic) bond motifs is 1. The number of nitrogens with one attached hydrogen (secondary N) is 1. The molecule has 0 radical (unpaired) electrons. The summed E-state index contributed by atoms with van der Waals surface area (Å²) in [5, 5.41) is 3.06. The number of H-pyrrole nitrogens is 1. The molecule has 5 nitrogen and oxygen atoms in total. The number of benzene rings is 1. The Bertz CT molecular complexity index is 922. The largest absolute Gasteiger partial charge is 0.306 e. The second-order valence-electron chi connectivity index (χ2n) is 5.73. The highest BCUT2D eigenvalue weighted by atomic mass is 79.9. The average Bonchev–Trinajstić information content (AvgIpc) is 3.00. The topological polar surface area (TPSA) is 61.9 Å². The third kappa shape index (κ3) is 3.19. The van der Waals surface area contributed by atoms with Crippen molar-refractivity contribution in [2.75, 3.05) is 6.54 Å². The molecule has 0 bridgehead atoms. The van der Waals surface area contributed by atoms with Crippen molar-refractivity contribution in [3.05, 3.63) is 66.9 Å². The zero-order valence-electron chi connectivity index (χ0n) is 12.8. The lowest BCUT2D eigenvalue weighted by atomic mass is 10.1. The molecule has 0 atom stereocenters. The monoisotopic (exact) mass is 402 g/mol. The molecule has 1 N–H and O–H groups in total. The number of rotatable bonds is 3. The van der Waals surface area contributed by atoms with Gasteiger partial charge in [-0.05, 0) is 22.4 Å². The summed E-state index contributed by atoms with van der Waals surface area (Å²) in [6.07, 6.45) is 0.722. The summed E-state index contributed by atoms with van der Waals surface area (Å²) in [5.41, 5.74) is 2.60. The van der Waals surface area contributed by atoms with Crippen molar-refractivity contribution in [2.45, 2.75) is 19.5 Å². The summed E-state index contributed by atoms with van der Waals surface area (Å²) in [4.78, 5) is 26.8. The molecule has 3 heterocycles. The Morgan fingerprint density at radius 1 is 1.25 bits per heavy atom. The predicted molar refractivity (Wildman–Crippen MR) is 97.9 cm³/mol. The number of aromatic nitrogens is 3. The quantitative estimate of drug-likeness (QED) is 0.730. The second-order valence-corrected chi connectivity index (χ2v) is 7.49. The van der Waals surface area contributed by atoms with Crippen LogP contribution in [0.1, 0.15) is 16.3 Å². The molecule has 24 heavy (non-hydrogen) atoms. The first-order valence-corrected chi connectivity index (χ1v) is 9.36. The van der Waals surface area contributed by atoms with Crippen molar-refractivity contribution in [2.24, 2.45) is 0 Å². The van der Waals surface area contributed by atoms with Crippen molar-refractivity contribution in [3.8, 4) is 11.4 Å². The van der Waals surface area contributed by atoms with Crippen molar-refractivity contribution < 1.29 is 0 Å². The van der Waals surface area contributed by atoms with E-state index in [4.69, 9.17) is 4.98 Å². The van der Waals surface area contributed by atoms with Gasteiger partial charge in [-0.25, -0.2) is 9.97 Å². The highest BCUT2D eigenvalue weighted by Gasteiger charge is 2.22. The first kappa shape index (κ1) is 15.7. The summed E-state index contributed by atoms with van der Waals surface area (Å²) in [6.45, 7) is 2.31. The number of hydrogen-bond donors (Lipinski definition) is 1. The van der Waals surface area contributed by atoms with Gasteiger partial charge < -0.3 is 4.98 Å². The van der Waals surface area contributed by atoms with E-state index in [1.54, 1.807) is 11.3 Å². The average molecular weight is 403 g/mol. The Balaban J connectivity index is 1.62. The van der Waals surface area contributed by atoms with E-state index in [0.29, 0.717) is 12.4 Å². The van der Waals surface area contributed by atoms with E-state index in [-0.39, 0.29) is 5.56 Å². The van der Waals surface area contributed by atoms with Gasteiger partial charge >= 0.3 is 0 Å². The Kier molecular flexibility index (Phi) is 4.30. The van der Waals surface area contributed by atoms with Crippen LogP contribution >= 0.6 is 27.3 Å². The van der Waals surface area contributed by atoms with Gasteiger partial charge in [-0.1, -0.05) is 30.3 Å². The van der Waals surface area contributed by atoms with Crippen molar-refractivity contribution >= 4 is 27.3 Å². The van der Waals surface area contributed by atoms with Gasteiger partial charge in [0.25, 0.3) is 5.56 Å². The van der Waals surface area contributed by atoms with Gasteiger partial charge in [0.15, 0.2) is 0 Å². The lowest BCUT2D eigenvalue weighted by Crippen LogP contribution is -2.35. The predicted octanol–water partition coefficient (Wildman–Crippen LogP) is 3.21. The molecule has 0 saturated carbocycles. The smallest absolute Gasteiger partial charge is 0.254 e. The highest BCUT2D eigenvalue weighted by molar-refractivity contribution is 9.10. The first-order valence-electron chi connectivity index (χ1n) is 7.69. The molecule has 3 aromatic rings. The molecule has 2 aromatic heterocycles. The van der Waals surface area contributed by atoms with Gasteiger partial charge in [0, 0.05) is 29.6 Å². The van der Waals surface area contributed by atoms with Crippen LogP contribution < -0.4 is 5.56 Å². The minimum atomic E-state index is -0.0181. The molecule has 4 rings (SSSR count). The molecule has 1 aliphatic rings. The van der Waals surface area contributed by atoms with Gasteiger partial charge in [0.05, 0.1) is 12.2 Å².